The van der Waals surface area contributed by atoms with E-state index in [9.17, 15) is 4.79 Å². The number of carbonyl (C=O) groups is 1. The highest BCUT2D eigenvalue weighted by Crippen LogP contribution is 2.40. The predicted molar refractivity (Wildman–Crippen MR) is 72.8 cm³/mol. The highest BCUT2D eigenvalue weighted by molar-refractivity contribution is 6.00. The number of likely N-dealkylation sites (N-methyl/N-ethyl adjacent to an activating group) is 1. The van der Waals surface area contributed by atoms with Gasteiger partial charge in [0.15, 0.2) is 0 Å². The molecule has 2 heterocycles. The normalized spacial score (nSPS) is 22.1. The number of rotatable bonds is 3. The molecule has 1 aromatic carbocycles. The maximum absolute atomic E-state index is 11.7. The summed E-state index contributed by atoms with van der Waals surface area (Å²) in [7, 11) is 1.80. The SMILES string of the molecule is CN1C(=O)Cc2cc(C(N)C3(CN)COC3)ccc21. The van der Waals surface area contributed by atoms with Crippen molar-refractivity contribution in [1.82, 2.24) is 0 Å². The molecule has 5 heteroatoms. The Labute approximate surface area is 112 Å². The summed E-state index contributed by atoms with van der Waals surface area (Å²) in [6.07, 6.45) is 0.457. The number of hydrogen-bond donors (Lipinski definition) is 2. The molecule has 2 aliphatic rings. The van der Waals surface area contributed by atoms with Gasteiger partial charge in [0.2, 0.25) is 5.91 Å². The molecule has 19 heavy (non-hydrogen) atoms. The molecule has 102 valence electrons. The van der Waals surface area contributed by atoms with Crippen molar-refractivity contribution in [1.29, 1.82) is 0 Å². The molecule has 0 bridgehead atoms. The third kappa shape index (κ3) is 1.77. The molecular weight excluding hydrogens is 242 g/mol. The fourth-order valence-electron chi connectivity index (χ4n) is 2.83. The minimum Gasteiger partial charge on any atom is -0.380 e. The summed E-state index contributed by atoms with van der Waals surface area (Å²) >= 11 is 0. The molecule has 1 aromatic rings. The summed E-state index contributed by atoms with van der Waals surface area (Å²) in [5, 5.41) is 0. The van der Waals surface area contributed by atoms with Crippen LogP contribution in [0, 0.1) is 5.41 Å². The van der Waals surface area contributed by atoms with Crippen molar-refractivity contribution < 1.29 is 9.53 Å². The summed E-state index contributed by atoms with van der Waals surface area (Å²) in [5.41, 5.74) is 15.1. The molecule has 1 atom stereocenters. The largest absolute Gasteiger partial charge is 0.380 e. The zero-order chi connectivity index (χ0) is 13.6. The molecule has 4 N–H and O–H groups in total. The van der Waals surface area contributed by atoms with Gasteiger partial charge in [-0.2, -0.15) is 0 Å². The van der Waals surface area contributed by atoms with Crippen molar-refractivity contribution in [3.05, 3.63) is 29.3 Å². The summed E-state index contributed by atoms with van der Waals surface area (Å²) < 4.78 is 5.28. The number of hydrogen-bond acceptors (Lipinski definition) is 4. The van der Waals surface area contributed by atoms with Crippen LogP contribution in [0.15, 0.2) is 18.2 Å². The molecule has 2 aliphatic heterocycles. The second-order valence-electron chi connectivity index (χ2n) is 5.55. The van der Waals surface area contributed by atoms with E-state index in [2.05, 4.69) is 0 Å². The molecule has 1 saturated heterocycles. The van der Waals surface area contributed by atoms with E-state index in [1.165, 1.54) is 0 Å². The fraction of sp³-hybridized carbons (Fsp3) is 0.500. The van der Waals surface area contributed by atoms with Gasteiger partial charge in [0.1, 0.15) is 0 Å². The van der Waals surface area contributed by atoms with E-state index in [4.69, 9.17) is 16.2 Å². The number of nitrogens with zero attached hydrogens (tertiary/aromatic N) is 1. The number of amides is 1. The molecule has 0 spiro atoms. The molecule has 1 unspecified atom stereocenters. The topological polar surface area (TPSA) is 81.6 Å². The zero-order valence-electron chi connectivity index (χ0n) is 11.1. The molecule has 1 amide bonds. The van der Waals surface area contributed by atoms with Gasteiger partial charge >= 0.3 is 0 Å². The van der Waals surface area contributed by atoms with Crippen molar-refractivity contribution in [2.45, 2.75) is 12.5 Å². The standard InChI is InChI=1S/C14H19N3O2/c1-17-11-3-2-9(4-10(11)5-12(17)18)13(16)14(6-15)7-19-8-14/h2-4,13H,5-8,15-16H2,1H3. The van der Waals surface area contributed by atoms with Crippen LogP contribution < -0.4 is 16.4 Å². The molecule has 0 saturated carbocycles. The van der Waals surface area contributed by atoms with Gasteiger partial charge in [0, 0.05) is 30.7 Å². The number of benzene rings is 1. The highest BCUT2D eigenvalue weighted by Gasteiger charge is 2.43. The second kappa shape index (κ2) is 4.30. The maximum Gasteiger partial charge on any atom is 0.231 e. The summed E-state index contributed by atoms with van der Waals surface area (Å²) in [4.78, 5) is 13.4. The van der Waals surface area contributed by atoms with Crippen molar-refractivity contribution in [2.24, 2.45) is 16.9 Å². The number of ether oxygens (including phenoxy) is 1. The van der Waals surface area contributed by atoms with Crippen molar-refractivity contribution in [3.63, 3.8) is 0 Å². The van der Waals surface area contributed by atoms with E-state index in [1.807, 2.05) is 18.2 Å². The van der Waals surface area contributed by atoms with E-state index >= 15 is 0 Å². The van der Waals surface area contributed by atoms with Crippen molar-refractivity contribution in [3.8, 4) is 0 Å². The van der Waals surface area contributed by atoms with E-state index in [1.54, 1.807) is 11.9 Å². The first-order chi connectivity index (χ1) is 9.07. The second-order valence-corrected chi connectivity index (χ2v) is 5.55. The quantitative estimate of drug-likeness (QED) is 0.813. The van der Waals surface area contributed by atoms with E-state index in [0.29, 0.717) is 26.2 Å². The molecule has 0 aromatic heterocycles. The first kappa shape index (κ1) is 12.6. The molecule has 0 aliphatic carbocycles. The average molecular weight is 261 g/mol. The lowest BCUT2D eigenvalue weighted by Crippen LogP contribution is -2.54. The molecule has 0 radical (unpaired) electrons. The van der Waals surface area contributed by atoms with Crippen LogP contribution in [0.5, 0.6) is 0 Å². The van der Waals surface area contributed by atoms with Crippen molar-refractivity contribution >= 4 is 11.6 Å². The molecule has 3 rings (SSSR count). The van der Waals surface area contributed by atoms with Crippen LogP contribution in [-0.2, 0) is 16.0 Å². The van der Waals surface area contributed by atoms with E-state index < -0.39 is 0 Å². The Morgan fingerprint density at radius 1 is 1.47 bits per heavy atom. The number of anilines is 1. The zero-order valence-corrected chi connectivity index (χ0v) is 11.1. The Hall–Kier alpha value is -1.43. The van der Waals surface area contributed by atoms with Crippen LogP contribution in [0.25, 0.3) is 0 Å². The lowest BCUT2D eigenvalue weighted by Gasteiger charge is -2.45. The van der Waals surface area contributed by atoms with Gasteiger partial charge in [0.25, 0.3) is 0 Å². The Balaban J connectivity index is 1.91. The van der Waals surface area contributed by atoms with E-state index in [0.717, 1.165) is 16.8 Å². The predicted octanol–water partition coefficient (Wildman–Crippen LogP) is 0.181. The highest BCUT2D eigenvalue weighted by atomic mass is 16.5. The Kier molecular flexibility index (Phi) is 2.85. The smallest absolute Gasteiger partial charge is 0.231 e. The molecule has 5 nitrogen and oxygen atoms in total. The minimum absolute atomic E-state index is 0.126. The lowest BCUT2D eigenvalue weighted by molar-refractivity contribution is -0.121. The van der Waals surface area contributed by atoms with Crippen LogP contribution in [0.4, 0.5) is 5.69 Å². The van der Waals surface area contributed by atoms with Crippen LogP contribution in [0.2, 0.25) is 0 Å². The molecule has 1 fully saturated rings. The third-order valence-corrected chi connectivity index (χ3v) is 4.39. The monoisotopic (exact) mass is 261 g/mol. The average Bonchev–Trinajstić information content (AvgIpc) is 2.64. The van der Waals surface area contributed by atoms with Gasteiger partial charge in [0.05, 0.1) is 19.6 Å². The number of nitrogens with two attached hydrogens (primary N) is 2. The summed E-state index contributed by atoms with van der Waals surface area (Å²) in [6.45, 7) is 1.74. The van der Waals surface area contributed by atoms with Crippen LogP contribution in [0.1, 0.15) is 17.2 Å². The van der Waals surface area contributed by atoms with Gasteiger partial charge in [-0.1, -0.05) is 12.1 Å². The Morgan fingerprint density at radius 3 is 2.79 bits per heavy atom. The Morgan fingerprint density at radius 2 is 2.21 bits per heavy atom. The van der Waals surface area contributed by atoms with Crippen LogP contribution in [-0.4, -0.2) is 32.7 Å². The van der Waals surface area contributed by atoms with Gasteiger partial charge in [-0.25, -0.2) is 0 Å². The minimum atomic E-state index is -0.150. The van der Waals surface area contributed by atoms with Gasteiger partial charge in [-0.05, 0) is 17.2 Å². The van der Waals surface area contributed by atoms with Gasteiger partial charge in [-0.3, -0.25) is 4.79 Å². The third-order valence-electron chi connectivity index (χ3n) is 4.39. The van der Waals surface area contributed by atoms with Crippen LogP contribution in [0.3, 0.4) is 0 Å². The molecular formula is C14H19N3O2. The van der Waals surface area contributed by atoms with E-state index in [-0.39, 0.29) is 17.4 Å². The van der Waals surface area contributed by atoms with Crippen LogP contribution >= 0.6 is 0 Å². The maximum atomic E-state index is 11.7. The fourth-order valence-corrected chi connectivity index (χ4v) is 2.83. The number of fused-ring (bicyclic) bond motifs is 1. The lowest BCUT2D eigenvalue weighted by atomic mass is 9.75. The first-order valence-corrected chi connectivity index (χ1v) is 6.50. The van der Waals surface area contributed by atoms with Gasteiger partial charge < -0.3 is 21.1 Å². The first-order valence-electron chi connectivity index (χ1n) is 6.50. The Bertz CT molecular complexity index is 520. The summed E-state index contributed by atoms with van der Waals surface area (Å²) in [6, 6.07) is 5.86. The summed E-state index contributed by atoms with van der Waals surface area (Å²) in [5.74, 6) is 0.126. The number of carbonyl (C=O) groups excluding carboxylic acids is 1. The van der Waals surface area contributed by atoms with Crippen molar-refractivity contribution in [2.75, 3.05) is 31.7 Å². The van der Waals surface area contributed by atoms with Gasteiger partial charge in [-0.15, -0.1) is 0 Å².